The molecule has 3 rings (SSSR count). The fraction of sp³-hybridized carbons (Fsp3) is 0.500. The maximum absolute atomic E-state index is 12.0. The van der Waals surface area contributed by atoms with Gasteiger partial charge in [-0.05, 0) is 31.0 Å². The van der Waals surface area contributed by atoms with E-state index >= 15 is 0 Å². The second-order valence-corrected chi connectivity index (χ2v) is 6.36. The van der Waals surface area contributed by atoms with E-state index in [0.29, 0.717) is 0 Å². The van der Waals surface area contributed by atoms with Gasteiger partial charge in [-0.3, -0.25) is 9.69 Å². The molecule has 4 heteroatoms. The lowest BCUT2D eigenvalue weighted by atomic mass is 10.1. The van der Waals surface area contributed by atoms with E-state index in [1.54, 1.807) is 6.08 Å². The van der Waals surface area contributed by atoms with Crippen molar-refractivity contribution in [1.29, 1.82) is 0 Å². The van der Waals surface area contributed by atoms with Gasteiger partial charge in [-0.1, -0.05) is 17.7 Å². The fourth-order valence-electron chi connectivity index (χ4n) is 3.06. The highest BCUT2D eigenvalue weighted by molar-refractivity contribution is 5.88. The van der Waals surface area contributed by atoms with Crippen molar-refractivity contribution in [2.24, 2.45) is 0 Å². The Morgan fingerprint density at radius 3 is 2.73 bits per heavy atom. The molecule has 1 aromatic rings. The van der Waals surface area contributed by atoms with Crippen LogP contribution < -0.4 is 4.74 Å². The van der Waals surface area contributed by atoms with Crippen molar-refractivity contribution < 1.29 is 9.53 Å². The van der Waals surface area contributed by atoms with Gasteiger partial charge in [0.2, 0.25) is 5.91 Å². The van der Waals surface area contributed by atoms with Crippen LogP contribution in [0.15, 0.2) is 29.8 Å². The van der Waals surface area contributed by atoms with Crippen LogP contribution in [0.1, 0.15) is 25.0 Å². The summed E-state index contributed by atoms with van der Waals surface area (Å²) in [5.74, 6) is 1.19. The predicted molar refractivity (Wildman–Crippen MR) is 86.9 cm³/mol. The standard InChI is InChI=1S/C18H24N2O2/c1-14(2)11-18(21)20-8-6-19(7-9-20)13-15-3-4-17-16(12-15)5-10-22-17/h3-4,11-12H,5-10,13H2,1-2H3. The molecule has 0 radical (unpaired) electrons. The number of piperazine rings is 1. The van der Waals surface area contributed by atoms with Gasteiger partial charge >= 0.3 is 0 Å². The van der Waals surface area contributed by atoms with Gasteiger partial charge < -0.3 is 9.64 Å². The largest absolute Gasteiger partial charge is 0.493 e. The summed E-state index contributed by atoms with van der Waals surface area (Å²) in [5.41, 5.74) is 3.73. The lowest BCUT2D eigenvalue weighted by molar-refractivity contribution is -0.127. The Bertz CT molecular complexity index is 583. The van der Waals surface area contributed by atoms with Crippen molar-refractivity contribution in [3.8, 4) is 5.75 Å². The van der Waals surface area contributed by atoms with Crippen LogP contribution in [0.25, 0.3) is 0 Å². The third-order valence-corrected chi connectivity index (χ3v) is 4.26. The molecule has 0 atom stereocenters. The second kappa shape index (κ2) is 6.53. The van der Waals surface area contributed by atoms with Gasteiger partial charge in [0.15, 0.2) is 0 Å². The Morgan fingerprint density at radius 1 is 1.23 bits per heavy atom. The van der Waals surface area contributed by atoms with Crippen molar-refractivity contribution in [2.75, 3.05) is 32.8 Å². The molecule has 118 valence electrons. The molecule has 0 saturated carbocycles. The average molecular weight is 300 g/mol. The molecule has 0 spiro atoms. The minimum absolute atomic E-state index is 0.148. The van der Waals surface area contributed by atoms with Crippen LogP contribution in [0.4, 0.5) is 0 Å². The predicted octanol–water partition coefficient (Wildman–Crippen LogP) is 2.23. The summed E-state index contributed by atoms with van der Waals surface area (Å²) in [5, 5.41) is 0. The topological polar surface area (TPSA) is 32.8 Å². The molecule has 2 heterocycles. The zero-order valence-electron chi connectivity index (χ0n) is 13.5. The normalized spacial score (nSPS) is 17.8. The monoisotopic (exact) mass is 300 g/mol. The van der Waals surface area contributed by atoms with Crippen LogP contribution in [-0.2, 0) is 17.8 Å². The molecule has 2 aliphatic heterocycles. The summed E-state index contributed by atoms with van der Waals surface area (Å²) < 4.78 is 5.55. The van der Waals surface area contributed by atoms with Gasteiger partial charge in [0.25, 0.3) is 0 Å². The maximum atomic E-state index is 12.0. The lowest BCUT2D eigenvalue weighted by Gasteiger charge is -2.34. The Morgan fingerprint density at radius 2 is 2.00 bits per heavy atom. The van der Waals surface area contributed by atoms with Crippen LogP contribution in [0.3, 0.4) is 0 Å². The van der Waals surface area contributed by atoms with Crippen LogP contribution in [0.5, 0.6) is 5.75 Å². The molecular formula is C18H24N2O2. The molecule has 1 aromatic carbocycles. The highest BCUT2D eigenvalue weighted by Gasteiger charge is 2.20. The van der Waals surface area contributed by atoms with Crippen molar-refractivity contribution >= 4 is 5.91 Å². The zero-order chi connectivity index (χ0) is 15.5. The molecule has 4 nitrogen and oxygen atoms in total. The van der Waals surface area contributed by atoms with E-state index in [1.807, 2.05) is 18.7 Å². The molecule has 0 aliphatic carbocycles. The molecule has 1 amide bonds. The van der Waals surface area contributed by atoms with Crippen LogP contribution in [0, 0.1) is 0 Å². The molecule has 22 heavy (non-hydrogen) atoms. The first kappa shape index (κ1) is 15.1. The van der Waals surface area contributed by atoms with Crippen LogP contribution in [-0.4, -0.2) is 48.5 Å². The van der Waals surface area contributed by atoms with Gasteiger partial charge in [-0.25, -0.2) is 0 Å². The first-order chi connectivity index (χ1) is 10.6. The molecule has 1 saturated heterocycles. The summed E-state index contributed by atoms with van der Waals surface area (Å²) in [7, 11) is 0. The summed E-state index contributed by atoms with van der Waals surface area (Å²) in [6.07, 6.45) is 2.75. The fourth-order valence-corrected chi connectivity index (χ4v) is 3.06. The van der Waals surface area contributed by atoms with E-state index < -0.39 is 0 Å². The average Bonchev–Trinajstić information content (AvgIpc) is 2.95. The zero-order valence-corrected chi connectivity index (χ0v) is 13.5. The van der Waals surface area contributed by atoms with E-state index in [4.69, 9.17) is 4.74 Å². The van der Waals surface area contributed by atoms with Crippen molar-refractivity contribution in [3.63, 3.8) is 0 Å². The number of rotatable bonds is 3. The first-order valence-electron chi connectivity index (χ1n) is 8.02. The number of allylic oxidation sites excluding steroid dienone is 1. The molecule has 0 N–H and O–H groups in total. The maximum Gasteiger partial charge on any atom is 0.246 e. The molecule has 0 unspecified atom stereocenters. The Balaban J connectivity index is 1.54. The second-order valence-electron chi connectivity index (χ2n) is 6.36. The van der Waals surface area contributed by atoms with Crippen LogP contribution >= 0.6 is 0 Å². The summed E-state index contributed by atoms with van der Waals surface area (Å²) in [6, 6.07) is 6.51. The number of carbonyl (C=O) groups is 1. The van der Waals surface area contributed by atoms with Gasteiger partial charge in [-0.2, -0.15) is 0 Å². The number of nitrogens with zero attached hydrogens (tertiary/aromatic N) is 2. The molecule has 1 fully saturated rings. The number of carbonyl (C=O) groups excluding carboxylic acids is 1. The Kier molecular flexibility index (Phi) is 4.48. The van der Waals surface area contributed by atoms with E-state index in [1.165, 1.54) is 11.1 Å². The quantitative estimate of drug-likeness (QED) is 0.803. The van der Waals surface area contributed by atoms with Crippen LogP contribution in [0.2, 0.25) is 0 Å². The van der Waals surface area contributed by atoms with E-state index in [2.05, 4.69) is 23.1 Å². The SMILES string of the molecule is CC(C)=CC(=O)N1CCN(Cc2ccc3c(c2)CCO3)CC1. The highest BCUT2D eigenvalue weighted by atomic mass is 16.5. The van der Waals surface area contributed by atoms with Gasteiger partial charge in [-0.15, -0.1) is 0 Å². The van der Waals surface area contributed by atoms with E-state index in [0.717, 1.165) is 57.1 Å². The number of ether oxygens (including phenoxy) is 1. The summed E-state index contributed by atoms with van der Waals surface area (Å²) in [6.45, 7) is 9.21. The number of hydrogen-bond donors (Lipinski definition) is 0. The lowest BCUT2D eigenvalue weighted by Crippen LogP contribution is -2.47. The number of hydrogen-bond acceptors (Lipinski definition) is 3. The van der Waals surface area contributed by atoms with Crippen molar-refractivity contribution in [3.05, 3.63) is 41.0 Å². The third kappa shape index (κ3) is 3.50. The van der Waals surface area contributed by atoms with E-state index in [-0.39, 0.29) is 5.91 Å². The number of benzene rings is 1. The van der Waals surface area contributed by atoms with Gasteiger partial charge in [0, 0.05) is 45.2 Å². The minimum Gasteiger partial charge on any atom is -0.493 e. The highest BCUT2D eigenvalue weighted by Crippen LogP contribution is 2.26. The van der Waals surface area contributed by atoms with E-state index in [9.17, 15) is 4.79 Å². The first-order valence-corrected chi connectivity index (χ1v) is 8.02. The molecule has 0 aromatic heterocycles. The van der Waals surface area contributed by atoms with Gasteiger partial charge in [0.05, 0.1) is 6.61 Å². The Labute approximate surface area is 132 Å². The molecule has 2 aliphatic rings. The minimum atomic E-state index is 0.148. The molecule has 0 bridgehead atoms. The number of fused-ring (bicyclic) bond motifs is 1. The Hall–Kier alpha value is -1.81. The number of amides is 1. The summed E-state index contributed by atoms with van der Waals surface area (Å²) >= 11 is 0. The summed E-state index contributed by atoms with van der Waals surface area (Å²) in [4.78, 5) is 16.4. The molecular weight excluding hydrogens is 276 g/mol. The van der Waals surface area contributed by atoms with Crippen molar-refractivity contribution in [2.45, 2.75) is 26.8 Å². The third-order valence-electron chi connectivity index (χ3n) is 4.26. The van der Waals surface area contributed by atoms with Crippen molar-refractivity contribution in [1.82, 2.24) is 9.80 Å². The van der Waals surface area contributed by atoms with Gasteiger partial charge in [0.1, 0.15) is 5.75 Å². The smallest absolute Gasteiger partial charge is 0.246 e.